The first kappa shape index (κ1) is 20.1. The van der Waals surface area contributed by atoms with E-state index in [-0.39, 0.29) is 27.3 Å². The summed E-state index contributed by atoms with van der Waals surface area (Å²) < 4.78 is 23.7. The zero-order valence-electron chi connectivity index (χ0n) is 15.3. The predicted molar refractivity (Wildman–Crippen MR) is 112 cm³/mol. The van der Waals surface area contributed by atoms with E-state index >= 15 is 0 Å². The van der Waals surface area contributed by atoms with E-state index in [1.165, 1.54) is 18.2 Å². The van der Waals surface area contributed by atoms with Gasteiger partial charge < -0.3 is 5.32 Å². The van der Waals surface area contributed by atoms with E-state index in [1.807, 2.05) is 60.7 Å². The Morgan fingerprint density at radius 1 is 0.929 bits per heavy atom. The van der Waals surface area contributed by atoms with Gasteiger partial charge in [-0.1, -0.05) is 72.3 Å². The molecule has 0 aromatic heterocycles. The number of hydrogen-bond donors (Lipinski definition) is 1. The van der Waals surface area contributed by atoms with E-state index < -0.39 is 9.84 Å². The summed E-state index contributed by atoms with van der Waals surface area (Å²) in [6, 6.07) is 24.1. The number of rotatable bonds is 6. The number of sulfone groups is 1. The summed E-state index contributed by atoms with van der Waals surface area (Å²) >= 11 is 5.96. The van der Waals surface area contributed by atoms with Gasteiger partial charge >= 0.3 is 0 Å². The molecular weight excluding hydrogens is 394 g/mol. The third kappa shape index (κ3) is 4.80. The lowest BCUT2D eigenvalue weighted by Crippen LogP contribution is -2.29. The highest BCUT2D eigenvalue weighted by Crippen LogP contribution is 2.25. The largest absolute Gasteiger partial charge is 0.351 e. The van der Waals surface area contributed by atoms with Crippen molar-refractivity contribution < 1.29 is 13.2 Å². The van der Waals surface area contributed by atoms with Crippen LogP contribution in [0.3, 0.4) is 0 Å². The maximum Gasteiger partial charge on any atom is 0.251 e. The fourth-order valence-corrected chi connectivity index (χ4v) is 4.33. The summed E-state index contributed by atoms with van der Waals surface area (Å²) in [5.74, 6) is -0.369. The van der Waals surface area contributed by atoms with Gasteiger partial charge in [0.25, 0.3) is 5.91 Å². The molecule has 0 radical (unpaired) electrons. The van der Waals surface area contributed by atoms with Gasteiger partial charge in [0.15, 0.2) is 9.84 Å². The molecule has 0 unspecified atom stereocenters. The second kappa shape index (κ2) is 8.59. The molecule has 0 saturated heterocycles. The SMILES string of the molecule is CS(=O)(=O)c1cc(C(=O)NCC(c2ccccc2)c2ccccc2)ccc1Cl. The molecule has 144 valence electrons. The molecule has 6 heteroatoms. The van der Waals surface area contributed by atoms with Crippen LogP contribution in [0.15, 0.2) is 83.8 Å². The second-order valence-corrected chi connectivity index (χ2v) is 8.89. The van der Waals surface area contributed by atoms with Gasteiger partial charge in [0.05, 0.1) is 9.92 Å². The minimum absolute atomic E-state index is 0.0203. The minimum atomic E-state index is -3.52. The lowest BCUT2D eigenvalue weighted by Gasteiger charge is -2.19. The van der Waals surface area contributed by atoms with Crippen molar-refractivity contribution in [2.75, 3.05) is 12.8 Å². The normalized spacial score (nSPS) is 11.4. The summed E-state index contributed by atoms with van der Waals surface area (Å²) in [6.45, 7) is 0.379. The van der Waals surface area contributed by atoms with E-state index in [2.05, 4.69) is 5.32 Å². The van der Waals surface area contributed by atoms with Gasteiger partial charge in [-0.25, -0.2) is 8.42 Å². The molecule has 0 bridgehead atoms. The monoisotopic (exact) mass is 413 g/mol. The molecule has 0 fully saturated rings. The molecule has 3 aromatic carbocycles. The summed E-state index contributed by atoms with van der Waals surface area (Å²) in [6.07, 6.45) is 1.07. The maximum atomic E-state index is 12.7. The first-order chi connectivity index (χ1) is 13.4. The van der Waals surface area contributed by atoms with E-state index in [9.17, 15) is 13.2 Å². The number of amides is 1. The van der Waals surface area contributed by atoms with E-state index in [4.69, 9.17) is 11.6 Å². The molecule has 28 heavy (non-hydrogen) atoms. The molecular formula is C22H20ClNO3S. The Morgan fingerprint density at radius 2 is 1.46 bits per heavy atom. The molecule has 0 spiro atoms. The van der Waals surface area contributed by atoms with Crippen LogP contribution in [0.1, 0.15) is 27.4 Å². The Kier molecular flexibility index (Phi) is 6.17. The van der Waals surface area contributed by atoms with Crippen LogP contribution in [-0.2, 0) is 9.84 Å². The first-order valence-corrected chi connectivity index (χ1v) is 11.0. The van der Waals surface area contributed by atoms with Crippen LogP contribution in [0.25, 0.3) is 0 Å². The van der Waals surface area contributed by atoms with Crippen LogP contribution in [-0.4, -0.2) is 27.1 Å². The Bertz CT molecular complexity index is 1030. The molecule has 0 aliphatic heterocycles. The fourth-order valence-electron chi connectivity index (χ4n) is 3.02. The average molecular weight is 414 g/mol. The Labute approximate surface area is 170 Å². The van der Waals surface area contributed by atoms with Crippen molar-refractivity contribution in [1.82, 2.24) is 5.32 Å². The summed E-state index contributed by atoms with van der Waals surface area (Å²) in [5.41, 5.74) is 2.42. The van der Waals surface area contributed by atoms with Crippen molar-refractivity contribution in [3.8, 4) is 0 Å². The third-order valence-electron chi connectivity index (χ3n) is 4.46. The molecule has 4 nitrogen and oxygen atoms in total. The van der Waals surface area contributed by atoms with Gasteiger partial charge in [-0.15, -0.1) is 0 Å². The van der Waals surface area contributed by atoms with Crippen LogP contribution < -0.4 is 5.32 Å². The van der Waals surface area contributed by atoms with Crippen molar-refractivity contribution in [2.24, 2.45) is 0 Å². The lowest BCUT2D eigenvalue weighted by molar-refractivity contribution is 0.0952. The van der Waals surface area contributed by atoms with E-state index in [0.717, 1.165) is 17.4 Å². The molecule has 0 atom stereocenters. The zero-order valence-corrected chi connectivity index (χ0v) is 16.9. The van der Waals surface area contributed by atoms with Gasteiger partial charge in [0, 0.05) is 24.3 Å². The minimum Gasteiger partial charge on any atom is -0.351 e. The fraction of sp³-hybridized carbons (Fsp3) is 0.136. The number of carbonyl (C=O) groups excluding carboxylic acids is 1. The third-order valence-corrected chi connectivity index (χ3v) is 6.04. The van der Waals surface area contributed by atoms with Crippen molar-refractivity contribution in [1.29, 1.82) is 0 Å². The molecule has 3 aromatic rings. The summed E-state index contributed by atoms with van der Waals surface area (Å²) in [7, 11) is -3.52. The first-order valence-electron chi connectivity index (χ1n) is 8.74. The average Bonchev–Trinajstić information content (AvgIpc) is 2.69. The Morgan fingerprint density at radius 3 is 1.96 bits per heavy atom. The number of nitrogens with one attached hydrogen (secondary N) is 1. The van der Waals surface area contributed by atoms with Crippen LogP contribution in [0.5, 0.6) is 0 Å². The highest BCUT2D eigenvalue weighted by Gasteiger charge is 2.18. The van der Waals surface area contributed by atoms with Crippen molar-refractivity contribution >= 4 is 27.3 Å². The smallest absolute Gasteiger partial charge is 0.251 e. The predicted octanol–water partition coefficient (Wildman–Crippen LogP) is 4.31. The van der Waals surface area contributed by atoms with Crippen LogP contribution in [0.2, 0.25) is 5.02 Å². The van der Waals surface area contributed by atoms with Crippen molar-refractivity contribution in [3.05, 3.63) is 101 Å². The number of carbonyl (C=O) groups is 1. The van der Waals surface area contributed by atoms with Crippen molar-refractivity contribution in [2.45, 2.75) is 10.8 Å². The quantitative estimate of drug-likeness (QED) is 0.655. The summed E-state index contributed by atoms with van der Waals surface area (Å²) in [4.78, 5) is 12.6. The van der Waals surface area contributed by atoms with Gasteiger partial charge in [-0.05, 0) is 29.3 Å². The molecule has 3 rings (SSSR count). The lowest BCUT2D eigenvalue weighted by atomic mass is 9.91. The standard InChI is InChI=1S/C22H20ClNO3S/c1-28(26,27)21-14-18(12-13-20(21)23)22(25)24-15-19(16-8-4-2-5-9-16)17-10-6-3-7-11-17/h2-14,19H,15H2,1H3,(H,24,25). The highest BCUT2D eigenvalue weighted by molar-refractivity contribution is 7.90. The number of hydrogen-bond acceptors (Lipinski definition) is 3. The van der Waals surface area contributed by atoms with Crippen molar-refractivity contribution in [3.63, 3.8) is 0 Å². The summed E-state index contributed by atoms with van der Waals surface area (Å²) in [5, 5.41) is 3.02. The van der Waals surface area contributed by atoms with E-state index in [0.29, 0.717) is 6.54 Å². The molecule has 0 heterocycles. The molecule has 1 N–H and O–H groups in total. The van der Waals surface area contributed by atoms with Crippen LogP contribution in [0.4, 0.5) is 0 Å². The van der Waals surface area contributed by atoms with Crippen LogP contribution in [0, 0.1) is 0 Å². The maximum absolute atomic E-state index is 12.7. The van der Waals surface area contributed by atoms with E-state index in [1.54, 1.807) is 0 Å². The van der Waals surface area contributed by atoms with Gasteiger partial charge in [-0.2, -0.15) is 0 Å². The molecule has 0 saturated carbocycles. The van der Waals surface area contributed by atoms with Gasteiger partial charge in [-0.3, -0.25) is 4.79 Å². The van der Waals surface area contributed by atoms with Crippen LogP contribution >= 0.6 is 11.6 Å². The number of benzene rings is 3. The highest BCUT2D eigenvalue weighted by atomic mass is 35.5. The second-order valence-electron chi connectivity index (χ2n) is 6.50. The molecule has 1 amide bonds. The topological polar surface area (TPSA) is 63.2 Å². The number of halogens is 1. The van der Waals surface area contributed by atoms with Gasteiger partial charge in [0.2, 0.25) is 0 Å². The molecule has 0 aliphatic carbocycles. The Hall–Kier alpha value is -2.63. The molecule has 0 aliphatic rings. The Balaban J connectivity index is 1.83. The van der Waals surface area contributed by atoms with Gasteiger partial charge in [0.1, 0.15) is 0 Å². The zero-order chi connectivity index (χ0) is 20.1.